The van der Waals surface area contributed by atoms with Gasteiger partial charge in [-0.1, -0.05) is 35.3 Å². The molecule has 0 bridgehead atoms. The van der Waals surface area contributed by atoms with Gasteiger partial charge >= 0.3 is 5.97 Å². The number of benzene rings is 2. The van der Waals surface area contributed by atoms with Crippen molar-refractivity contribution in [1.82, 2.24) is 5.32 Å². The maximum absolute atomic E-state index is 13.2. The molecule has 0 spiro atoms. The normalized spacial score (nSPS) is 15.0. The molecule has 1 fully saturated rings. The molecule has 166 valence electrons. The summed E-state index contributed by atoms with van der Waals surface area (Å²) >= 11 is 17.5. The van der Waals surface area contributed by atoms with Gasteiger partial charge in [0.15, 0.2) is 23.2 Å². The van der Waals surface area contributed by atoms with E-state index in [9.17, 15) is 14.4 Å². The number of anilines is 1. The fraction of sp³-hybridized carbons (Fsp3) is 0.143. The van der Waals surface area contributed by atoms with Crippen LogP contribution in [0.2, 0.25) is 10.0 Å². The largest absolute Gasteiger partial charge is 0.490 e. The Balaban J connectivity index is 1.99. The average molecular weight is 495 g/mol. The lowest BCUT2D eigenvalue weighted by Crippen LogP contribution is -2.54. The summed E-state index contributed by atoms with van der Waals surface area (Å²) in [7, 11) is 0. The Hall–Kier alpha value is -3.14. The molecule has 2 aromatic rings. The molecule has 2 amide bonds. The van der Waals surface area contributed by atoms with Gasteiger partial charge in [0, 0.05) is 0 Å². The van der Waals surface area contributed by atoms with E-state index < -0.39 is 24.4 Å². The van der Waals surface area contributed by atoms with Crippen LogP contribution in [0.4, 0.5) is 5.69 Å². The first-order chi connectivity index (χ1) is 15.2. The monoisotopic (exact) mass is 494 g/mol. The maximum atomic E-state index is 13.2. The van der Waals surface area contributed by atoms with E-state index in [1.807, 2.05) is 0 Å². The Morgan fingerprint density at radius 1 is 1.19 bits per heavy atom. The van der Waals surface area contributed by atoms with Crippen LogP contribution >= 0.6 is 35.4 Å². The van der Waals surface area contributed by atoms with Crippen LogP contribution in [0.3, 0.4) is 0 Å². The number of rotatable bonds is 7. The Bertz CT molecular complexity index is 1150. The van der Waals surface area contributed by atoms with E-state index in [4.69, 9.17) is 50.0 Å². The molecule has 2 N–H and O–H groups in total. The molecule has 0 radical (unpaired) electrons. The third-order valence-corrected chi connectivity index (χ3v) is 5.30. The fourth-order valence-corrected chi connectivity index (χ4v) is 3.50. The predicted octanol–water partition coefficient (Wildman–Crippen LogP) is 3.69. The highest BCUT2D eigenvalue weighted by molar-refractivity contribution is 7.80. The van der Waals surface area contributed by atoms with Gasteiger partial charge in [0.2, 0.25) is 0 Å². The van der Waals surface area contributed by atoms with E-state index in [-0.39, 0.29) is 44.5 Å². The van der Waals surface area contributed by atoms with E-state index in [2.05, 4.69) is 5.32 Å². The molecule has 8 nitrogen and oxygen atoms in total. The van der Waals surface area contributed by atoms with Crippen LogP contribution in [-0.2, 0) is 14.4 Å². The zero-order valence-corrected chi connectivity index (χ0v) is 18.9. The highest BCUT2D eigenvalue weighted by Crippen LogP contribution is 2.35. The van der Waals surface area contributed by atoms with E-state index in [1.54, 1.807) is 31.2 Å². The van der Waals surface area contributed by atoms with Gasteiger partial charge in [-0.3, -0.25) is 19.8 Å². The molecule has 1 aliphatic heterocycles. The van der Waals surface area contributed by atoms with Crippen molar-refractivity contribution in [3.05, 3.63) is 57.6 Å². The van der Waals surface area contributed by atoms with Gasteiger partial charge in [0.1, 0.15) is 5.57 Å². The van der Waals surface area contributed by atoms with Crippen molar-refractivity contribution >= 4 is 70.1 Å². The Kier molecular flexibility index (Phi) is 7.34. The number of carboxylic acid groups (broad SMARTS) is 1. The van der Waals surface area contributed by atoms with E-state index in [0.29, 0.717) is 5.56 Å². The van der Waals surface area contributed by atoms with Crippen LogP contribution in [0.1, 0.15) is 12.5 Å². The number of nitrogens with zero attached hydrogens (tertiary/aromatic N) is 1. The maximum Gasteiger partial charge on any atom is 0.341 e. The molecular formula is C21H16Cl2N2O6S. The van der Waals surface area contributed by atoms with Crippen molar-refractivity contribution < 1.29 is 29.0 Å². The van der Waals surface area contributed by atoms with Gasteiger partial charge in [-0.05, 0) is 55.0 Å². The van der Waals surface area contributed by atoms with Crippen LogP contribution in [0, 0.1) is 0 Å². The zero-order chi connectivity index (χ0) is 23.4. The summed E-state index contributed by atoms with van der Waals surface area (Å²) in [6.45, 7) is 1.49. The average Bonchev–Trinajstić information content (AvgIpc) is 2.73. The van der Waals surface area contributed by atoms with Crippen LogP contribution in [-0.4, -0.2) is 41.2 Å². The number of carbonyl (C=O) groups is 3. The number of nitrogens with one attached hydrogen (secondary N) is 1. The minimum Gasteiger partial charge on any atom is -0.490 e. The van der Waals surface area contributed by atoms with Crippen LogP contribution in [0.5, 0.6) is 11.5 Å². The summed E-state index contributed by atoms with van der Waals surface area (Å²) in [6.07, 6.45) is 1.36. The van der Waals surface area contributed by atoms with Crippen molar-refractivity contribution in [2.24, 2.45) is 0 Å². The second-order valence-corrected chi connectivity index (χ2v) is 7.52. The minimum absolute atomic E-state index is 0.110. The summed E-state index contributed by atoms with van der Waals surface area (Å²) < 4.78 is 10.7. The molecule has 11 heteroatoms. The molecule has 0 unspecified atom stereocenters. The van der Waals surface area contributed by atoms with Crippen LogP contribution < -0.4 is 19.7 Å². The summed E-state index contributed by atoms with van der Waals surface area (Å²) in [5.41, 5.74) is 0.475. The van der Waals surface area contributed by atoms with E-state index >= 15 is 0 Å². The third-order valence-electron chi connectivity index (χ3n) is 4.20. The molecule has 0 aliphatic carbocycles. The lowest BCUT2D eigenvalue weighted by Gasteiger charge is -2.29. The van der Waals surface area contributed by atoms with Crippen molar-refractivity contribution in [1.29, 1.82) is 0 Å². The topological polar surface area (TPSA) is 105 Å². The molecule has 32 heavy (non-hydrogen) atoms. The number of carboxylic acids is 1. The molecule has 0 aromatic heterocycles. The van der Waals surface area contributed by atoms with Gasteiger partial charge in [-0.25, -0.2) is 4.79 Å². The second kappa shape index (κ2) is 9.99. The quantitative estimate of drug-likeness (QED) is 0.343. The van der Waals surface area contributed by atoms with Crippen LogP contribution in [0.15, 0.2) is 42.0 Å². The first-order valence-electron chi connectivity index (χ1n) is 9.19. The molecule has 0 saturated carbocycles. The van der Waals surface area contributed by atoms with Gasteiger partial charge < -0.3 is 14.6 Å². The van der Waals surface area contributed by atoms with Crippen molar-refractivity contribution in [3.63, 3.8) is 0 Å². The molecule has 1 saturated heterocycles. The van der Waals surface area contributed by atoms with Crippen molar-refractivity contribution in [3.8, 4) is 11.5 Å². The molecule has 1 heterocycles. The summed E-state index contributed by atoms with van der Waals surface area (Å²) in [5, 5.41) is 11.5. The summed E-state index contributed by atoms with van der Waals surface area (Å²) in [4.78, 5) is 37.5. The van der Waals surface area contributed by atoms with Crippen LogP contribution in [0.25, 0.3) is 6.08 Å². The zero-order valence-electron chi connectivity index (χ0n) is 16.6. The predicted molar refractivity (Wildman–Crippen MR) is 123 cm³/mol. The first-order valence-corrected chi connectivity index (χ1v) is 10.4. The van der Waals surface area contributed by atoms with Crippen molar-refractivity contribution in [2.75, 3.05) is 18.1 Å². The standard InChI is InChI=1S/C21H16Cl2N2O6S/c1-2-30-16-9-11(6-7-15(16)31-10-17(26)27)8-12-19(28)24-21(32)25(20(12)29)14-5-3-4-13(22)18(14)23/h3-9H,2,10H2,1H3,(H,26,27)(H,24,28,32)/b12-8+. The lowest BCUT2D eigenvalue weighted by atomic mass is 10.1. The number of ether oxygens (including phenoxy) is 2. The second-order valence-electron chi connectivity index (χ2n) is 6.35. The van der Waals surface area contributed by atoms with E-state index in [1.165, 1.54) is 18.2 Å². The Morgan fingerprint density at radius 2 is 1.94 bits per heavy atom. The summed E-state index contributed by atoms with van der Waals surface area (Å²) in [5.74, 6) is -2.04. The highest BCUT2D eigenvalue weighted by atomic mass is 35.5. The van der Waals surface area contributed by atoms with Gasteiger partial charge in [0.05, 0.1) is 22.3 Å². The molecule has 3 rings (SSSR count). The van der Waals surface area contributed by atoms with E-state index in [0.717, 1.165) is 4.90 Å². The lowest BCUT2D eigenvalue weighted by molar-refractivity contribution is -0.139. The number of aliphatic carboxylic acids is 1. The molecule has 2 aromatic carbocycles. The highest BCUT2D eigenvalue weighted by Gasteiger charge is 2.35. The number of amides is 2. The number of thiocarbonyl (C=S) groups is 1. The number of halogens is 2. The smallest absolute Gasteiger partial charge is 0.341 e. The summed E-state index contributed by atoms with van der Waals surface area (Å²) in [6, 6.07) is 9.28. The molecule has 1 aliphatic rings. The van der Waals surface area contributed by atoms with Gasteiger partial charge in [-0.2, -0.15) is 0 Å². The minimum atomic E-state index is -1.14. The Labute approximate surface area is 198 Å². The number of hydrogen-bond acceptors (Lipinski definition) is 6. The first kappa shape index (κ1) is 23.5. The molecular weight excluding hydrogens is 479 g/mol. The molecule has 0 atom stereocenters. The van der Waals surface area contributed by atoms with Gasteiger partial charge in [0.25, 0.3) is 11.8 Å². The SMILES string of the molecule is CCOc1cc(/C=C2\C(=O)NC(=S)N(c3cccc(Cl)c3Cl)C2=O)ccc1OCC(=O)O. The number of carbonyl (C=O) groups excluding carboxylic acids is 2. The Morgan fingerprint density at radius 3 is 2.62 bits per heavy atom. The fourth-order valence-electron chi connectivity index (χ4n) is 2.85. The number of hydrogen-bond donors (Lipinski definition) is 2. The van der Waals surface area contributed by atoms with Crippen molar-refractivity contribution in [2.45, 2.75) is 6.92 Å². The third kappa shape index (κ3) is 5.01. The van der Waals surface area contributed by atoms with Gasteiger partial charge in [-0.15, -0.1) is 0 Å².